The number of nitrogens with zero attached hydrogens (tertiary/aromatic N) is 3. The Morgan fingerprint density at radius 3 is 3.00 bits per heavy atom. The molecule has 2 N–H and O–H groups in total. The Balaban J connectivity index is 1.75. The van der Waals surface area contributed by atoms with E-state index >= 15 is 0 Å². The molecule has 8 nitrogen and oxygen atoms in total. The first-order valence-electron chi connectivity index (χ1n) is 7.41. The van der Waals surface area contributed by atoms with Gasteiger partial charge < -0.3 is 10.1 Å². The second-order valence-corrected chi connectivity index (χ2v) is 5.69. The van der Waals surface area contributed by atoms with E-state index in [0.29, 0.717) is 34.7 Å². The topological polar surface area (TPSA) is 98.1 Å². The van der Waals surface area contributed by atoms with E-state index in [2.05, 4.69) is 20.7 Å². The first-order valence-corrected chi connectivity index (χ1v) is 7.79. The molecule has 126 valence electrons. The summed E-state index contributed by atoms with van der Waals surface area (Å²) >= 11 is 5.94. The highest BCUT2D eigenvalue weighted by molar-refractivity contribution is 6.31. The smallest absolute Gasteiger partial charge is 0.252 e. The van der Waals surface area contributed by atoms with Crippen LogP contribution < -0.4 is 15.4 Å². The van der Waals surface area contributed by atoms with E-state index in [9.17, 15) is 9.59 Å². The molecule has 0 fully saturated rings. The van der Waals surface area contributed by atoms with Crippen LogP contribution in [-0.4, -0.2) is 33.7 Å². The average molecular weight is 350 g/mol. The van der Waals surface area contributed by atoms with Crippen molar-refractivity contribution in [2.75, 3.05) is 17.7 Å². The van der Waals surface area contributed by atoms with Crippen molar-refractivity contribution in [2.45, 2.75) is 25.8 Å². The molecule has 2 aromatic rings. The van der Waals surface area contributed by atoms with Gasteiger partial charge in [0.1, 0.15) is 11.8 Å². The maximum Gasteiger partial charge on any atom is 0.252 e. The lowest BCUT2D eigenvalue weighted by Crippen LogP contribution is -2.24. The lowest BCUT2D eigenvalue weighted by Gasteiger charge is -2.12. The van der Waals surface area contributed by atoms with Gasteiger partial charge in [0.25, 0.3) is 5.91 Å². The van der Waals surface area contributed by atoms with E-state index in [0.717, 1.165) is 0 Å². The maximum absolute atomic E-state index is 12.3. The molecule has 1 aromatic carbocycles. The largest absolute Gasteiger partial charge is 0.495 e. The molecular weight excluding hydrogens is 334 g/mol. The number of benzene rings is 1. The fourth-order valence-electron chi connectivity index (χ4n) is 2.46. The normalized spacial score (nSPS) is 15.8. The van der Waals surface area contributed by atoms with Gasteiger partial charge in [-0.05, 0) is 18.2 Å². The third-order valence-corrected chi connectivity index (χ3v) is 3.87. The molecule has 0 aliphatic carbocycles. The van der Waals surface area contributed by atoms with Crippen LogP contribution in [0.15, 0.2) is 18.2 Å². The molecule has 9 heteroatoms. The van der Waals surface area contributed by atoms with Crippen molar-refractivity contribution in [1.82, 2.24) is 14.8 Å². The molecule has 0 saturated heterocycles. The van der Waals surface area contributed by atoms with Gasteiger partial charge in [0, 0.05) is 11.4 Å². The van der Waals surface area contributed by atoms with E-state index in [1.54, 1.807) is 18.2 Å². The van der Waals surface area contributed by atoms with Gasteiger partial charge in [0.05, 0.1) is 19.2 Å². The Hall–Kier alpha value is -2.61. The minimum atomic E-state index is -0.724. The van der Waals surface area contributed by atoms with Crippen LogP contribution in [0.2, 0.25) is 5.02 Å². The van der Waals surface area contributed by atoms with Crippen molar-refractivity contribution in [2.24, 2.45) is 0 Å². The van der Waals surface area contributed by atoms with Crippen molar-refractivity contribution in [3.63, 3.8) is 0 Å². The zero-order valence-electron chi connectivity index (χ0n) is 13.2. The molecule has 1 aromatic heterocycles. The number of methoxy groups -OCH3 is 1. The minimum Gasteiger partial charge on any atom is -0.495 e. The van der Waals surface area contributed by atoms with Crippen molar-refractivity contribution in [1.29, 1.82) is 0 Å². The quantitative estimate of drug-likeness (QED) is 0.860. The minimum absolute atomic E-state index is 0.0684. The van der Waals surface area contributed by atoms with Gasteiger partial charge >= 0.3 is 0 Å². The van der Waals surface area contributed by atoms with Crippen LogP contribution in [0.4, 0.5) is 11.6 Å². The van der Waals surface area contributed by atoms with E-state index in [4.69, 9.17) is 16.3 Å². The lowest BCUT2D eigenvalue weighted by molar-refractivity contribution is -0.123. The summed E-state index contributed by atoms with van der Waals surface area (Å²) in [5.41, 5.74) is 0.446. The summed E-state index contributed by atoms with van der Waals surface area (Å²) in [6, 6.07) is 4.18. The van der Waals surface area contributed by atoms with Gasteiger partial charge in [0.2, 0.25) is 11.9 Å². The zero-order valence-corrected chi connectivity index (χ0v) is 13.9. The molecular formula is C15H16ClN5O3. The van der Waals surface area contributed by atoms with Gasteiger partial charge in [-0.25, -0.2) is 4.68 Å². The van der Waals surface area contributed by atoms with Crippen LogP contribution >= 0.6 is 11.6 Å². The molecule has 1 atom stereocenters. The number of ether oxygens (including phenoxy) is 1. The number of amides is 2. The maximum atomic E-state index is 12.3. The van der Waals surface area contributed by atoms with Crippen LogP contribution in [0.1, 0.15) is 25.2 Å². The van der Waals surface area contributed by atoms with Gasteiger partial charge in [0.15, 0.2) is 5.82 Å². The number of aryl methyl sites for hydroxylation is 1. The Bertz CT molecular complexity index is 804. The first-order chi connectivity index (χ1) is 11.5. The van der Waals surface area contributed by atoms with Crippen molar-refractivity contribution in [3.05, 3.63) is 29.0 Å². The molecule has 0 saturated carbocycles. The number of nitrogens with one attached hydrogen (secondary N) is 2. The summed E-state index contributed by atoms with van der Waals surface area (Å²) in [5.74, 6) is 0.818. The third-order valence-electron chi connectivity index (χ3n) is 3.64. The Kier molecular flexibility index (Phi) is 4.39. The number of carbonyl (C=O) groups excluding carboxylic acids is 2. The number of carbonyl (C=O) groups is 2. The summed E-state index contributed by atoms with van der Waals surface area (Å²) < 4.78 is 6.64. The van der Waals surface area contributed by atoms with E-state index in [-0.39, 0.29) is 18.2 Å². The SMILES string of the molecule is CCc1nc2n(n1)[C@@H](CC(=O)Nc1cc(Cl)ccc1OC)C(=O)N2. The highest BCUT2D eigenvalue weighted by atomic mass is 35.5. The standard InChI is InChI=1S/C15H16ClN5O3/c1-3-12-18-15-19-14(23)10(21(15)20-12)7-13(22)17-9-6-8(16)4-5-11(9)24-2/h4-6,10H,3,7H2,1-2H3,(H,17,22)(H,18,19,20,23)/t10-/m0/s1. The van der Waals surface area contributed by atoms with Crippen molar-refractivity contribution in [3.8, 4) is 5.75 Å². The molecule has 1 aliphatic rings. The fraction of sp³-hybridized carbons (Fsp3) is 0.333. The molecule has 2 heterocycles. The van der Waals surface area contributed by atoms with Crippen LogP contribution in [0.25, 0.3) is 0 Å². The zero-order chi connectivity index (χ0) is 17.3. The van der Waals surface area contributed by atoms with E-state index < -0.39 is 6.04 Å². The summed E-state index contributed by atoms with van der Waals surface area (Å²) in [7, 11) is 1.50. The second-order valence-electron chi connectivity index (χ2n) is 5.25. The summed E-state index contributed by atoms with van der Waals surface area (Å²) in [6.07, 6.45) is 0.579. The van der Waals surface area contributed by atoms with E-state index in [1.807, 2.05) is 6.92 Å². The number of halogens is 1. The fourth-order valence-corrected chi connectivity index (χ4v) is 2.63. The first kappa shape index (κ1) is 16.3. The van der Waals surface area contributed by atoms with Crippen LogP contribution in [-0.2, 0) is 16.0 Å². The molecule has 2 amide bonds. The van der Waals surface area contributed by atoms with Crippen LogP contribution in [0, 0.1) is 0 Å². The van der Waals surface area contributed by atoms with Gasteiger partial charge in [-0.3, -0.25) is 14.9 Å². The number of aromatic nitrogens is 3. The highest BCUT2D eigenvalue weighted by Crippen LogP contribution is 2.29. The predicted octanol–water partition coefficient (Wildman–Crippen LogP) is 2.02. The summed E-state index contributed by atoms with van der Waals surface area (Å²) in [5, 5.41) is 10.1. The molecule has 24 heavy (non-hydrogen) atoms. The number of anilines is 2. The highest BCUT2D eigenvalue weighted by Gasteiger charge is 2.34. The number of hydrogen-bond donors (Lipinski definition) is 2. The molecule has 0 unspecified atom stereocenters. The average Bonchev–Trinajstić information content (AvgIpc) is 3.06. The Morgan fingerprint density at radius 1 is 1.50 bits per heavy atom. The monoisotopic (exact) mass is 349 g/mol. The van der Waals surface area contributed by atoms with Gasteiger partial charge in [-0.15, -0.1) is 0 Å². The molecule has 0 bridgehead atoms. The molecule has 3 rings (SSSR count). The predicted molar refractivity (Wildman–Crippen MR) is 88.3 cm³/mol. The van der Waals surface area contributed by atoms with Crippen molar-refractivity contribution >= 4 is 35.1 Å². The lowest BCUT2D eigenvalue weighted by atomic mass is 10.2. The second kappa shape index (κ2) is 6.48. The summed E-state index contributed by atoms with van der Waals surface area (Å²) in [6.45, 7) is 1.92. The molecule has 0 spiro atoms. The number of rotatable bonds is 5. The third kappa shape index (κ3) is 3.05. The number of hydrogen-bond acceptors (Lipinski definition) is 5. The van der Waals surface area contributed by atoms with Gasteiger partial charge in [-0.2, -0.15) is 10.1 Å². The number of fused-ring (bicyclic) bond motifs is 1. The molecule has 0 radical (unpaired) electrons. The van der Waals surface area contributed by atoms with Crippen LogP contribution in [0.3, 0.4) is 0 Å². The Labute approximate surface area is 143 Å². The van der Waals surface area contributed by atoms with Crippen molar-refractivity contribution < 1.29 is 14.3 Å². The Morgan fingerprint density at radius 2 is 2.29 bits per heavy atom. The van der Waals surface area contributed by atoms with Crippen LogP contribution in [0.5, 0.6) is 5.75 Å². The molecule has 1 aliphatic heterocycles. The summed E-state index contributed by atoms with van der Waals surface area (Å²) in [4.78, 5) is 28.5. The van der Waals surface area contributed by atoms with Gasteiger partial charge in [-0.1, -0.05) is 18.5 Å². The van der Waals surface area contributed by atoms with E-state index in [1.165, 1.54) is 11.8 Å².